The highest BCUT2D eigenvalue weighted by atomic mass is 35.5. The second-order valence-electron chi connectivity index (χ2n) is 6.17. The Balaban J connectivity index is 1.71. The average Bonchev–Trinajstić information content (AvgIpc) is 3.21. The fourth-order valence-electron chi connectivity index (χ4n) is 3.15. The second-order valence-corrected chi connectivity index (χ2v) is 6.51. The van der Waals surface area contributed by atoms with Crippen molar-refractivity contribution >= 4 is 40.1 Å². The molecule has 1 aliphatic heterocycles. The molecule has 26 heavy (non-hydrogen) atoms. The fourth-order valence-corrected chi connectivity index (χ4v) is 3.34. The number of hydrogen-bond acceptors (Lipinski definition) is 5. The number of amides is 1. The van der Waals surface area contributed by atoms with Crippen LogP contribution in [-0.4, -0.2) is 35.0 Å². The molecule has 3 aromatic rings. The number of halogens is 1. The van der Waals surface area contributed by atoms with Gasteiger partial charge in [-0.15, -0.1) is 0 Å². The number of carbonyl (C=O) groups excluding carboxylic acids is 1. The minimum absolute atomic E-state index is 0.358. The first-order valence-electron chi connectivity index (χ1n) is 8.50. The van der Waals surface area contributed by atoms with Gasteiger partial charge in [0.15, 0.2) is 5.82 Å². The molecule has 4 rings (SSSR count). The Kier molecular flexibility index (Phi) is 4.69. The minimum Gasteiger partial charge on any atom is -0.380 e. The van der Waals surface area contributed by atoms with E-state index in [9.17, 15) is 4.79 Å². The maximum absolute atomic E-state index is 12.9. The van der Waals surface area contributed by atoms with Crippen molar-refractivity contribution in [3.63, 3.8) is 0 Å². The standard InChI is InChI=1S/C19H18ClN5O/c20-25(17-5-1-2-9-22-17)19(26)15-6-7-16(24-13-8-11-21-12-13)14-4-3-10-23-18(14)15/h1-7,9-10,13,21,24H,8,11-12H2/t13-/m0/s1. The van der Waals surface area contributed by atoms with Gasteiger partial charge in [0.1, 0.15) is 0 Å². The Labute approximate surface area is 156 Å². The number of rotatable bonds is 4. The van der Waals surface area contributed by atoms with Gasteiger partial charge in [-0.3, -0.25) is 9.78 Å². The SMILES string of the molecule is O=C(c1ccc(N[C@H]2CCNC2)c2cccnc12)N(Cl)c1ccccn1. The number of benzene rings is 1. The third-order valence-electron chi connectivity index (χ3n) is 4.45. The molecule has 1 aromatic carbocycles. The molecule has 1 aliphatic rings. The third-order valence-corrected chi connectivity index (χ3v) is 4.78. The van der Waals surface area contributed by atoms with Gasteiger partial charge in [-0.05, 0) is 49.4 Å². The van der Waals surface area contributed by atoms with Crippen LogP contribution in [0.15, 0.2) is 54.9 Å². The zero-order valence-corrected chi connectivity index (χ0v) is 14.8. The monoisotopic (exact) mass is 367 g/mol. The van der Waals surface area contributed by atoms with Gasteiger partial charge >= 0.3 is 0 Å². The Morgan fingerprint density at radius 1 is 1.15 bits per heavy atom. The molecule has 0 saturated carbocycles. The smallest absolute Gasteiger partial charge is 0.276 e. The molecule has 7 heteroatoms. The third kappa shape index (κ3) is 3.21. The molecular weight excluding hydrogens is 350 g/mol. The van der Waals surface area contributed by atoms with Crippen molar-refractivity contribution in [1.29, 1.82) is 0 Å². The van der Waals surface area contributed by atoms with Gasteiger partial charge in [0.25, 0.3) is 5.91 Å². The van der Waals surface area contributed by atoms with Gasteiger partial charge < -0.3 is 10.6 Å². The first-order chi connectivity index (χ1) is 12.7. The largest absolute Gasteiger partial charge is 0.380 e. The maximum atomic E-state index is 12.9. The predicted molar refractivity (Wildman–Crippen MR) is 104 cm³/mol. The van der Waals surface area contributed by atoms with Crippen LogP contribution in [0, 0.1) is 0 Å². The fraction of sp³-hybridized carbons (Fsp3) is 0.211. The molecule has 132 valence electrons. The van der Waals surface area contributed by atoms with E-state index in [2.05, 4.69) is 20.6 Å². The Morgan fingerprint density at radius 2 is 2.04 bits per heavy atom. The van der Waals surface area contributed by atoms with Crippen LogP contribution in [0.25, 0.3) is 10.9 Å². The van der Waals surface area contributed by atoms with Crippen LogP contribution in [0.5, 0.6) is 0 Å². The number of nitrogens with one attached hydrogen (secondary N) is 2. The lowest BCUT2D eigenvalue weighted by atomic mass is 10.1. The van der Waals surface area contributed by atoms with Crippen molar-refractivity contribution in [2.24, 2.45) is 0 Å². The van der Waals surface area contributed by atoms with E-state index in [4.69, 9.17) is 11.8 Å². The summed E-state index contributed by atoms with van der Waals surface area (Å²) in [5.41, 5.74) is 2.03. The van der Waals surface area contributed by atoms with E-state index in [0.29, 0.717) is 22.9 Å². The number of hydrogen-bond donors (Lipinski definition) is 2. The molecule has 6 nitrogen and oxygen atoms in total. The van der Waals surface area contributed by atoms with Crippen LogP contribution in [0.3, 0.4) is 0 Å². The first kappa shape index (κ1) is 16.8. The van der Waals surface area contributed by atoms with E-state index in [-0.39, 0.29) is 5.91 Å². The maximum Gasteiger partial charge on any atom is 0.276 e. The Bertz CT molecular complexity index is 928. The highest BCUT2D eigenvalue weighted by molar-refractivity contribution is 6.40. The summed E-state index contributed by atoms with van der Waals surface area (Å²) in [6.45, 7) is 1.94. The summed E-state index contributed by atoms with van der Waals surface area (Å²) in [7, 11) is 0. The molecule has 0 unspecified atom stereocenters. The molecular formula is C19H18ClN5O. The Hall–Kier alpha value is -2.70. The predicted octanol–water partition coefficient (Wildman–Crippen LogP) is 3.20. The van der Waals surface area contributed by atoms with Crippen molar-refractivity contribution in [2.75, 3.05) is 22.8 Å². The molecule has 0 spiro atoms. The molecule has 0 radical (unpaired) electrons. The molecule has 2 aromatic heterocycles. The van der Waals surface area contributed by atoms with Crippen molar-refractivity contribution < 1.29 is 4.79 Å². The van der Waals surface area contributed by atoms with Crippen LogP contribution in [0.4, 0.5) is 11.5 Å². The lowest BCUT2D eigenvalue weighted by molar-refractivity contribution is 0.101. The van der Waals surface area contributed by atoms with Crippen LogP contribution in [-0.2, 0) is 0 Å². The van der Waals surface area contributed by atoms with E-state index in [0.717, 1.165) is 35.0 Å². The summed E-state index contributed by atoms with van der Waals surface area (Å²) in [5.74, 6) is 0.0191. The topological polar surface area (TPSA) is 70.2 Å². The lowest BCUT2D eigenvalue weighted by Crippen LogP contribution is -2.23. The van der Waals surface area contributed by atoms with Crippen molar-refractivity contribution in [1.82, 2.24) is 15.3 Å². The summed E-state index contributed by atoms with van der Waals surface area (Å²) in [4.78, 5) is 21.5. The van der Waals surface area contributed by atoms with Crippen LogP contribution >= 0.6 is 11.8 Å². The van der Waals surface area contributed by atoms with Gasteiger partial charge in [0.2, 0.25) is 0 Å². The van der Waals surface area contributed by atoms with E-state index < -0.39 is 0 Å². The molecule has 3 heterocycles. The normalized spacial score (nSPS) is 16.6. The lowest BCUT2D eigenvalue weighted by Gasteiger charge is -2.18. The van der Waals surface area contributed by atoms with Crippen molar-refractivity contribution in [3.05, 3.63) is 60.4 Å². The van der Waals surface area contributed by atoms with Crippen LogP contribution in [0.1, 0.15) is 16.8 Å². The van der Waals surface area contributed by atoms with E-state index >= 15 is 0 Å². The first-order valence-corrected chi connectivity index (χ1v) is 8.84. The summed E-state index contributed by atoms with van der Waals surface area (Å²) in [5, 5.41) is 7.78. The molecule has 1 amide bonds. The van der Waals surface area contributed by atoms with E-state index in [1.54, 1.807) is 36.7 Å². The molecule has 0 bridgehead atoms. The highest BCUT2D eigenvalue weighted by Gasteiger charge is 2.22. The number of pyridine rings is 2. The zero-order valence-electron chi connectivity index (χ0n) is 14.0. The summed E-state index contributed by atoms with van der Waals surface area (Å²) >= 11 is 6.24. The van der Waals surface area contributed by atoms with Crippen LogP contribution in [0.2, 0.25) is 0 Å². The molecule has 1 fully saturated rings. The second kappa shape index (κ2) is 7.27. The van der Waals surface area contributed by atoms with E-state index in [1.807, 2.05) is 18.2 Å². The van der Waals surface area contributed by atoms with Crippen LogP contribution < -0.4 is 15.1 Å². The van der Waals surface area contributed by atoms with Gasteiger partial charge in [-0.1, -0.05) is 6.07 Å². The number of aromatic nitrogens is 2. The summed E-state index contributed by atoms with van der Waals surface area (Å²) in [6, 6.07) is 13.1. The van der Waals surface area contributed by atoms with Gasteiger partial charge in [-0.2, -0.15) is 4.42 Å². The van der Waals surface area contributed by atoms with Crippen molar-refractivity contribution in [2.45, 2.75) is 12.5 Å². The number of nitrogens with zero attached hydrogens (tertiary/aromatic N) is 3. The number of carbonyl (C=O) groups is 1. The Morgan fingerprint density at radius 3 is 2.81 bits per heavy atom. The number of anilines is 2. The quantitative estimate of drug-likeness (QED) is 0.693. The van der Waals surface area contributed by atoms with Crippen molar-refractivity contribution in [3.8, 4) is 0 Å². The summed E-state index contributed by atoms with van der Waals surface area (Å²) in [6.07, 6.45) is 4.34. The van der Waals surface area contributed by atoms with E-state index in [1.165, 1.54) is 0 Å². The minimum atomic E-state index is -0.358. The van der Waals surface area contributed by atoms with Gasteiger partial charge in [0.05, 0.1) is 11.1 Å². The van der Waals surface area contributed by atoms with Gasteiger partial charge in [0, 0.05) is 47.8 Å². The summed E-state index contributed by atoms with van der Waals surface area (Å²) < 4.78 is 1.03. The molecule has 1 saturated heterocycles. The zero-order chi connectivity index (χ0) is 17.9. The average molecular weight is 368 g/mol. The highest BCUT2D eigenvalue weighted by Crippen LogP contribution is 2.28. The van der Waals surface area contributed by atoms with Gasteiger partial charge in [-0.25, -0.2) is 4.98 Å². The molecule has 0 aliphatic carbocycles. The molecule has 1 atom stereocenters. The number of fused-ring (bicyclic) bond motifs is 1. The molecule has 2 N–H and O–H groups in total.